The third-order valence-electron chi connectivity index (χ3n) is 5.78. The predicted octanol–water partition coefficient (Wildman–Crippen LogP) is 3.33. The number of morpholine rings is 1. The van der Waals surface area contributed by atoms with Crippen LogP contribution < -0.4 is 15.5 Å². The molecule has 0 bridgehead atoms. The summed E-state index contributed by atoms with van der Waals surface area (Å²) in [5.74, 6) is 0.0320. The molecule has 0 radical (unpaired) electrons. The number of carbonyl (C=O) groups excluding carboxylic acids is 1. The number of hydrogen-bond acceptors (Lipinski definition) is 7. The van der Waals surface area contributed by atoms with Crippen molar-refractivity contribution in [1.29, 1.82) is 0 Å². The van der Waals surface area contributed by atoms with Crippen LogP contribution in [0, 0.1) is 0 Å². The average molecular weight is 458 g/mol. The Morgan fingerprint density at radius 3 is 2.55 bits per heavy atom. The first-order valence-corrected chi connectivity index (χ1v) is 11.6. The van der Waals surface area contributed by atoms with E-state index in [0.29, 0.717) is 37.6 Å². The maximum atomic E-state index is 13.4. The zero-order valence-electron chi connectivity index (χ0n) is 17.1. The van der Waals surface area contributed by atoms with Gasteiger partial charge in [-0.3, -0.25) is 4.79 Å². The van der Waals surface area contributed by atoms with E-state index in [1.54, 1.807) is 17.4 Å². The number of piperazine rings is 1. The van der Waals surface area contributed by atoms with Crippen LogP contribution in [0.3, 0.4) is 0 Å². The Morgan fingerprint density at radius 1 is 1.00 bits per heavy atom. The molecular weight excluding hydrogens is 434 g/mol. The number of fused-ring (bicyclic) bond motifs is 1. The van der Waals surface area contributed by atoms with E-state index in [0.717, 1.165) is 52.2 Å². The summed E-state index contributed by atoms with van der Waals surface area (Å²) in [7, 11) is 0. The van der Waals surface area contributed by atoms with Gasteiger partial charge in [-0.05, 0) is 36.4 Å². The monoisotopic (exact) mass is 457 g/mol. The maximum absolute atomic E-state index is 13.4. The SMILES string of the molecule is Nc1ccc(N2CCOCC2)c(C(=O)N2CCN(c3nc4ccc(Cl)cc4s3)CC2)c1. The molecule has 2 aliphatic heterocycles. The smallest absolute Gasteiger partial charge is 0.256 e. The summed E-state index contributed by atoms with van der Waals surface area (Å²) in [6.45, 7) is 5.68. The molecule has 5 rings (SSSR count). The normalized spacial score (nSPS) is 17.4. The zero-order chi connectivity index (χ0) is 21.4. The van der Waals surface area contributed by atoms with Gasteiger partial charge < -0.3 is 25.2 Å². The van der Waals surface area contributed by atoms with Crippen molar-refractivity contribution < 1.29 is 9.53 Å². The van der Waals surface area contributed by atoms with Gasteiger partial charge >= 0.3 is 0 Å². The molecule has 0 spiro atoms. The molecule has 1 aromatic heterocycles. The van der Waals surface area contributed by atoms with Crippen LogP contribution in [0.25, 0.3) is 10.2 Å². The van der Waals surface area contributed by atoms with Crippen molar-refractivity contribution in [3.05, 3.63) is 47.0 Å². The van der Waals surface area contributed by atoms with Gasteiger partial charge in [0.2, 0.25) is 0 Å². The first-order valence-electron chi connectivity index (χ1n) is 10.4. The van der Waals surface area contributed by atoms with Crippen LogP contribution in [0.5, 0.6) is 0 Å². The lowest BCUT2D eigenvalue weighted by Crippen LogP contribution is -2.49. The maximum Gasteiger partial charge on any atom is 0.256 e. The van der Waals surface area contributed by atoms with E-state index < -0.39 is 0 Å². The van der Waals surface area contributed by atoms with Crippen molar-refractivity contribution in [2.24, 2.45) is 0 Å². The fourth-order valence-electron chi connectivity index (χ4n) is 4.10. The molecule has 2 aromatic carbocycles. The summed E-state index contributed by atoms with van der Waals surface area (Å²) in [5.41, 5.74) is 9.20. The molecule has 2 N–H and O–H groups in total. The topological polar surface area (TPSA) is 74.9 Å². The van der Waals surface area contributed by atoms with E-state index in [1.807, 2.05) is 35.2 Å². The number of ether oxygens (including phenoxy) is 1. The number of anilines is 3. The fraction of sp³-hybridized carbons (Fsp3) is 0.364. The molecule has 9 heteroatoms. The Balaban J connectivity index is 1.31. The molecule has 3 aromatic rings. The number of nitrogen functional groups attached to an aromatic ring is 1. The zero-order valence-corrected chi connectivity index (χ0v) is 18.7. The number of rotatable bonds is 3. The molecule has 0 unspecified atom stereocenters. The highest BCUT2D eigenvalue weighted by Gasteiger charge is 2.27. The number of nitrogens with two attached hydrogens (primary N) is 1. The minimum absolute atomic E-state index is 0.0320. The molecule has 162 valence electrons. The summed E-state index contributed by atoms with van der Waals surface area (Å²) in [5, 5.41) is 1.69. The Morgan fingerprint density at radius 2 is 1.77 bits per heavy atom. The highest BCUT2D eigenvalue weighted by atomic mass is 35.5. The second-order valence-electron chi connectivity index (χ2n) is 7.76. The van der Waals surface area contributed by atoms with Crippen molar-refractivity contribution in [3.8, 4) is 0 Å². The van der Waals surface area contributed by atoms with E-state index in [-0.39, 0.29) is 5.91 Å². The molecule has 0 saturated carbocycles. The highest BCUT2D eigenvalue weighted by Crippen LogP contribution is 2.32. The number of aromatic nitrogens is 1. The van der Waals surface area contributed by atoms with Gasteiger partial charge in [0.15, 0.2) is 5.13 Å². The van der Waals surface area contributed by atoms with Crippen LogP contribution in [0.2, 0.25) is 5.02 Å². The van der Waals surface area contributed by atoms with Crippen LogP contribution >= 0.6 is 22.9 Å². The molecule has 2 aliphatic rings. The summed E-state index contributed by atoms with van der Waals surface area (Å²) in [4.78, 5) is 24.5. The van der Waals surface area contributed by atoms with Gasteiger partial charge in [0.25, 0.3) is 5.91 Å². The quantitative estimate of drug-likeness (QED) is 0.608. The number of hydrogen-bond donors (Lipinski definition) is 1. The molecule has 0 atom stereocenters. The summed E-state index contributed by atoms with van der Waals surface area (Å²) in [6, 6.07) is 11.4. The molecular formula is C22H24ClN5O2S. The Labute approximate surface area is 190 Å². The molecule has 3 heterocycles. The van der Waals surface area contributed by atoms with E-state index in [2.05, 4.69) is 9.80 Å². The van der Waals surface area contributed by atoms with E-state index in [4.69, 9.17) is 27.1 Å². The van der Waals surface area contributed by atoms with Gasteiger partial charge in [0.05, 0.1) is 29.0 Å². The lowest BCUT2D eigenvalue weighted by atomic mass is 10.1. The van der Waals surface area contributed by atoms with Gasteiger partial charge in [0.1, 0.15) is 0 Å². The van der Waals surface area contributed by atoms with Crippen molar-refractivity contribution in [2.45, 2.75) is 0 Å². The number of nitrogens with zero attached hydrogens (tertiary/aromatic N) is 4. The highest BCUT2D eigenvalue weighted by molar-refractivity contribution is 7.22. The van der Waals surface area contributed by atoms with Gasteiger partial charge in [-0.2, -0.15) is 0 Å². The fourth-order valence-corrected chi connectivity index (χ4v) is 5.39. The van der Waals surface area contributed by atoms with E-state index in [9.17, 15) is 4.79 Å². The molecule has 2 fully saturated rings. The lowest BCUT2D eigenvalue weighted by Gasteiger charge is -2.36. The third-order valence-corrected chi connectivity index (χ3v) is 7.09. The number of thiazole rings is 1. The molecule has 31 heavy (non-hydrogen) atoms. The molecule has 1 amide bonds. The van der Waals surface area contributed by atoms with Gasteiger partial charge in [-0.1, -0.05) is 22.9 Å². The van der Waals surface area contributed by atoms with Crippen LogP contribution in [-0.2, 0) is 4.74 Å². The Bertz CT molecular complexity index is 1110. The Hall–Kier alpha value is -2.55. The largest absolute Gasteiger partial charge is 0.399 e. The van der Waals surface area contributed by atoms with Crippen molar-refractivity contribution in [3.63, 3.8) is 0 Å². The van der Waals surface area contributed by atoms with Crippen LogP contribution in [0.1, 0.15) is 10.4 Å². The van der Waals surface area contributed by atoms with Crippen molar-refractivity contribution in [2.75, 3.05) is 68.0 Å². The first-order chi connectivity index (χ1) is 15.1. The van der Waals surface area contributed by atoms with Crippen molar-refractivity contribution in [1.82, 2.24) is 9.88 Å². The average Bonchev–Trinajstić information content (AvgIpc) is 3.22. The Kier molecular flexibility index (Phi) is 5.60. The second kappa shape index (κ2) is 8.53. The number of amides is 1. The summed E-state index contributed by atoms with van der Waals surface area (Å²) < 4.78 is 6.54. The van der Waals surface area contributed by atoms with Gasteiger partial charge in [0, 0.05) is 55.7 Å². The third kappa shape index (κ3) is 4.15. The first kappa shape index (κ1) is 20.4. The number of benzene rings is 2. The summed E-state index contributed by atoms with van der Waals surface area (Å²) in [6.07, 6.45) is 0. The number of halogens is 1. The minimum Gasteiger partial charge on any atom is -0.399 e. The van der Waals surface area contributed by atoms with Gasteiger partial charge in [-0.15, -0.1) is 0 Å². The van der Waals surface area contributed by atoms with Crippen LogP contribution in [0.15, 0.2) is 36.4 Å². The molecule has 7 nitrogen and oxygen atoms in total. The second-order valence-corrected chi connectivity index (χ2v) is 9.21. The molecule has 2 saturated heterocycles. The van der Waals surface area contributed by atoms with Crippen LogP contribution in [0.4, 0.5) is 16.5 Å². The van der Waals surface area contributed by atoms with Crippen molar-refractivity contribution >= 4 is 55.6 Å². The van der Waals surface area contributed by atoms with Gasteiger partial charge in [-0.25, -0.2) is 4.98 Å². The van der Waals surface area contributed by atoms with E-state index in [1.165, 1.54) is 0 Å². The summed E-state index contributed by atoms with van der Waals surface area (Å²) >= 11 is 7.75. The lowest BCUT2D eigenvalue weighted by molar-refractivity contribution is 0.0746. The molecule has 0 aliphatic carbocycles. The predicted molar refractivity (Wildman–Crippen MR) is 127 cm³/mol. The minimum atomic E-state index is 0.0320. The van der Waals surface area contributed by atoms with E-state index >= 15 is 0 Å². The van der Waals surface area contributed by atoms with Crippen LogP contribution in [-0.4, -0.2) is 68.3 Å². The standard InChI is InChI=1S/C22H24ClN5O2S/c23-15-1-3-18-20(13-15)31-22(25-18)28-7-5-27(6-8-28)21(29)17-14-16(24)2-4-19(17)26-9-11-30-12-10-26/h1-4,13-14H,5-12,24H2. The number of carbonyl (C=O) groups is 1.